The number of nitrogens with zero attached hydrogens (tertiary/aromatic N) is 1. The molecule has 15 heavy (non-hydrogen) atoms. The maximum Gasteiger partial charge on any atom is 0.401 e. The molecule has 1 aliphatic heterocycles. The Labute approximate surface area is 88.8 Å². The molecule has 0 aromatic heterocycles. The molecule has 1 heterocycles. The summed E-state index contributed by atoms with van der Waals surface area (Å²) in [5, 5.41) is 3.29. The maximum atomic E-state index is 12.1. The molecule has 2 nitrogen and oxygen atoms in total. The van der Waals surface area contributed by atoms with Gasteiger partial charge in [-0.1, -0.05) is 12.8 Å². The summed E-state index contributed by atoms with van der Waals surface area (Å²) in [6.07, 6.45) is 0.352. The zero-order valence-electron chi connectivity index (χ0n) is 9.11. The lowest BCUT2D eigenvalue weighted by atomic mass is 10.1. The molecule has 0 radical (unpaired) electrons. The first kappa shape index (κ1) is 12.8. The van der Waals surface area contributed by atoms with Crippen LogP contribution in [0.1, 0.15) is 25.7 Å². The summed E-state index contributed by atoms with van der Waals surface area (Å²) in [6.45, 7) is 0.606. The van der Waals surface area contributed by atoms with Gasteiger partial charge in [0.05, 0.1) is 6.54 Å². The second-order valence-electron chi connectivity index (χ2n) is 4.31. The van der Waals surface area contributed by atoms with E-state index in [1.165, 1.54) is 18.4 Å². The SMILES string of the molecule is CN(CC1CCCCCN1)CC(F)(F)F. The van der Waals surface area contributed by atoms with E-state index in [2.05, 4.69) is 5.32 Å². The van der Waals surface area contributed by atoms with Crippen LogP contribution < -0.4 is 5.32 Å². The second kappa shape index (κ2) is 5.70. The lowest BCUT2D eigenvalue weighted by Gasteiger charge is -2.24. The lowest BCUT2D eigenvalue weighted by Crippen LogP contribution is -2.42. The predicted octanol–water partition coefficient (Wildman–Crippen LogP) is 2.01. The molecular formula is C10H19F3N2. The monoisotopic (exact) mass is 224 g/mol. The fourth-order valence-corrected chi connectivity index (χ4v) is 2.00. The van der Waals surface area contributed by atoms with Gasteiger partial charge in [0.1, 0.15) is 0 Å². The highest BCUT2D eigenvalue weighted by molar-refractivity contribution is 4.74. The van der Waals surface area contributed by atoms with E-state index in [-0.39, 0.29) is 6.04 Å². The molecule has 1 N–H and O–H groups in total. The van der Waals surface area contributed by atoms with Gasteiger partial charge in [0.25, 0.3) is 0 Å². The quantitative estimate of drug-likeness (QED) is 0.789. The van der Waals surface area contributed by atoms with Gasteiger partial charge in [-0.25, -0.2) is 0 Å². The van der Waals surface area contributed by atoms with Crippen molar-refractivity contribution >= 4 is 0 Å². The Morgan fingerprint density at radius 1 is 1.27 bits per heavy atom. The van der Waals surface area contributed by atoms with Gasteiger partial charge < -0.3 is 5.32 Å². The Morgan fingerprint density at radius 2 is 2.00 bits per heavy atom. The van der Waals surface area contributed by atoms with Crippen molar-refractivity contribution < 1.29 is 13.2 Å². The minimum absolute atomic E-state index is 0.222. The lowest BCUT2D eigenvalue weighted by molar-refractivity contribution is -0.143. The summed E-state index contributed by atoms with van der Waals surface area (Å²) < 4.78 is 36.2. The molecule has 0 saturated carbocycles. The molecule has 90 valence electrons. The van der Waals surface area contributed by atoms with Crippen molar-refractivity contribution in [3.8, 4) is 0 Å². The molecule has 0 spiro atoms. The Bertz CT molecular complexity index is 174. The van der Waals surface area contributed by atoms with Gasteiger partial charge in [-0.3, -0.25) is 4.90 Å². The van der Waals surface area contributed by atoms with Crippen molar-refractivity contribution in [1.29, 1.82) is 0 Å². The van der Waals surface area contributed by atoms with Gasteiger partial charge in [0.2, 0.25) is 0 Å². The normalized spacial score (nSPS) is 24.2. The molecule has 0 aromatic carbocycles. The largest absolute Gasteiger partial charge is 0.401 e. The van der Waals surface area contributed by atoms with Crippen LogP contribution >= 0.6 is 0 Å². The average Bonchev–Trinajstić information content (AvgIpc) is 2.28. The topological polar surface area (TPSA) is 15.3 Å². The Hall–Kier alpha value is -0.290. The van der Waals surface area contributed by atoms with Crippen molar-refractivity contribution in [2.45, 2.75) is 37.9 Å². The molecule has 0 bridgehead atoms. The molecular weight excluding hydrogens is 205 g/mol. The molecule has 5 heteroatoms. The van der Waals surface area contributed by atoms with Gasteiger partial charge in [-0.15, -0.1) is 0 Å². The van der Waals surface area contributed by atoms with Crippen LogP contribution in [0.15, 0.2) is 0 Å². The van der Waals surface area contributed by atoms with Gasteiger partial charge >= 0.3 is 6.18 Å². The molecule has 0 aromatic rings. The first-order chi connectivity index (χ1) is 6.97. The zero-order chi connectivity index (χ0) is 11.3. The Balaban J connectivity index is 2.26. The van der Waals surface area contributed by atoms with Crippen LogP contribution in [0.25, 0.3) is 0 Å². The molecule has 1 atom stereocenters. The molecule has 1 unspecified atom stereocenters. The third kappa shape index (κ3) is 5.99. The molecule has 0 aliphatic carbocycles. The highest BCUT2D eigenvalue weighted by Crippen LogP contribution is 2.16. The van der Waals surface area contributed by atoms with E-state index in [0.29, 0.717) is 6.54 Å². The summed E-state index contributed by atoms with van der Waals surface area (Å²) >= 11 is 0. The number of rotatable bonds is 3. The maximum absolute atomic E-state index is 12.1. The summed E-state index contributed by atoms with van der Waals surface area (Å²) in [5.74, 6) is 0. The average molecular weight is 224 g/mol. The standard InChI is InChI=1S/C10H19F3N2/c1-15(8-10(11,12)13)7-9-5-3-2-4-6-14-9/h9,14H,2-8H2,1H3. The highest BCUT2D eigenvalue weighted by atomic mass is 19.4. The molecule has 1 rings (SSSR count). The van der Waals surface area contributed by atoms with Crippen LogP contribution in [-0.4, -0.2) is 43.8 Å². The van der Waals surface area contributed by atoms with E-state index >= 15 is 0 Å². The Kier molecular flexibility index (Phi) is 4.86. The summed E-state index contributed by atoms with van der Waals surface area (Å²) in [7, 11) is 1.53. The number of likely N-dealkylation sites (N-methyl/N-ethyl adjacent to an activating group) is 1. The van der Waals surface area contributed by atoms with Crippen molar-refractivity contribution in [2.75, 3.05) is 26.7 Å². The van der Waals surface area contributed by atoms with Gasteiger partial charge in [-0.05, 0) is 26.4 Å². The van der Waals surface area contributed by atoms with E-state index in [9.17, 15) is 13.2 Å². The van der Waals surface area contributed by atoms with Crippen molar-refractivity contribution in [3.05, 3.63) is 0 Å². The third-order valence-electron chi connectivity index (χ3n) is 2.64. The van der Waals surface area contributed by atoms with Crippen LogP contribution in [-0.2, 0) is 0 Å². The summed E-state index contributed by atoms with van der Waals surface area (Å²) in [6, 6.07) is 0.222. The van der Waals surface area contributed by atoms with Gasteiger partial charge in [-0.2, -0.15) is 13.2 Å². The molecule has 0 amide bonds. The zero-order valence-corrected chi connectivity index (χ0v) is 9.11. The van der Waals surface area contributed by atoms with Gasteiger partial charge in [0, 0.05) is 12.6 Å². The Morgan fingerprint density at radius 3 is 2.67 bits per heavy atom. The van der Waals surface area contributed by atoms with E-state index < -0.39 is 12.7 Å². The van der Waals surface area contributed by atoms with Crippen LogP contribution in [0.4, 0.5) is 13.2 Å². The fraction of sp³-hybridized carbons (Fsp3) is 1.00. The molecule has 1 fully saturated rings. The molecule has 1 aliphatic rings. The van der Waals surface area contributed by atoms with Crippen molar-refractivity contribution in [3.63, 3.8) is 0 Å². The van der Waals surface area contributed by atoms with E-state index in [1.807, 2.05) is 0 Å². The minimum Gasteiger partial charge on any atom is -0.313 e. The van der Waals surface area contributed by atoms with Crippen molar-refractivity contribution in [2.24, 2.45) is 0 Å². The van der Waals surface area contributed by atoms with Crippen LogP contribution in [0.3, 0.4) is 0 Å². The smallest absolute Gasteiger partial charge is 0.313 e. The first-order valence-electron chi connectivity index (χ1n) is 5.46. The molecule has 1 saturated heterocycles. The van der Waals surface area contributed by atoms with Crippen LogP contribution in [0.2, 0.25) is 0 Å². The number of hydrogen-bond acceptors (Lipinski definition) is 2. The van der Waals surface area contributed by atoms with E-state index in [0.717, 1.165) is 25.8 Å². The highest BCUT2D eigenvalue weighted by Gasteiger charge is 2.29. The second-order valence-corrected chi connectivity index (χ2v) is 4.31. The number of alkyl halides is 3. The number of halogens is 3. The first-order valence-corrected chi connectivity index (χ1v) is 5.46. The minimum atomic E-state index is -4.08. The van der Waals surface area contributed by atoms with Crippen LogP contribution in [0.5, 0.6) is 0 Å². The predicted molar refractivity (Wildman–Crippen MR) is 53.8 cm³/mol. The van der Waals surface area contributed by atoms with Crippen LogP contribution in [0, 0.1) is 0 Å². The van der Waals surface area contributed by atoms with E-state index in [1.54, 1.807) is 0 Å². The van der Waals surface area contributed by atoms with Gasteiger partial charge in [0.15, 0.2) is 0 Å². The summed E-state index contributed by atoms with van der Waals surface area (Å²) in [4.78, 5) is 1.35. The number of nitrogens with one attached hydrogen (secondary N) is 1. The summed E-state index contributed by atoms with van der Waals surface area (Å²) in [5.41, 5.74) is 0. The fourth-order valence-electron chi connectivity index (χ4n) is 2.00. The third-order valence-corrected chi connectivity index (χ3v) is 2.64. The number of hydrogen-bond donors (Lipinski definition) is 1. The van der Waals surface area contributed by atoms with E-state index in [4.69, 9.17) is 0 Å². The van der Waals surface area contributed by atoms with Crippen molar-refractivity contribution in [1.82, 2.24) is 10.2 Å².